The lowest BCUT2D eigenvalue weighted by Crippen LogP contribution is -2.41. The minimum absolute atomic E-state index is 0.0255. The van der Waals surface area contributed by atoms with E-state index >= 15 is 0 Å². The van der Waals surface area contributed by atoms with Crippen LogP contribution >= 0.6 is 11.8 Å². The molecule has 31 heavy (non-hydrogen) atoms. The summed E-state index contributed by atoms with van der Waals surface area (Å²) in [5, 5.41) is 3.01. The first-order valence-corrected chi connectivity index (χ1v) is 11.6. The maximum Gasteiger partial charge on any atom is 0.228 e. The fourth-order valence-corrected chi connectivity index (χ4v) is 5.60. The van der Waals surface area contributed by atoms with Crippen LogP contribution in [0.15, 0.2) is 83.8 Å². The standard InChI is InChI=1S/C26H24N2O2S/c29-25(16-20-17-31-24-13-7-5-11-22(24)27-26(20)30)28-21(14-18-8-2-1-3-9-18)15-19-10-4-6-12-23(19)28/h1-13,20-21H,14-17H2,(H,27,30). The number of anilines is 2. The van der Waals surface area contributed by atoms with E-state index in [2.05, 4.69) is 23.5 Å². The molecule has 1 N–H and O–H groups in total. The number of rotatable bonds is 4. The molecule has 0 saturated heterocycles. The van der Waals surface area contributed by atoms with Crippen LogP contribution in [0.4, 0.5) is 11.4 Å². The normalized spacial score (nSPS) is 19.9. The van der Waals surface area contributed by atoms with Crippen molar-refractivity contribution < 1.29 is 9.59 Å². The lowest BCUT2D eigenvalue weighted by molar-refractivity contribution is -0.125. The van der Waals surface area contributed by atoms with Gasteiger partial charge in [0.15, 0.2) is 0 Å². The van der Waals surface area contributed by atoms with E-state index < -0.39 is 0 Å². The maximum atomic E-state index is 13.5. The first-order valence-electron chi connectivity index (χ1n) is 10.7. The molecule has 3 aromatic carbocycles. The van der Waals surface area contributed by atoms with Gasteiger partial charge in [0, 0.05) is 28.8 Å². The molecular weight excluding hydrogens is 404 g/mol. The van der Waals surface area contributed by atoms with Gasteiger partial charge in [-0.15, -0.1) is 11.8 Å². The predicted octanol–water partition coefficient (Wildman–Crippen LogP) is 4.94. The Hall–Kier alpha value is -3.05. The molecule has 5 rings (SSSR count). The number of thioether (sulfide) groups is 1. The molecule has 2 amide bonds. The Morgan fingerprint density at radius 2 is 1.71 bits per heavy atom. The molecule has 2 atom stereocenters. The zero-order chi connectivity index (χ0) is 21.2. The van der Waals surface area contributed by atoms with E-state index in [9.17, 15) is 9.59 Å². The van der Waals surface area contributed by atoms with Gasteiger partial charge in [-0.1, -0.05) is 60.7 Å². The molecule has 2 unspecified atom stereocenters. The van der Waals surface area contributed by atoms with E-state index in [-0.39, 0.29) is 30.2 Å². The summed E-state index contributed by atoms with van der Waals surface area (Å²) in [5.41, 5.74) is 4.24. The topological polar surface area (TPSA) is 49.4 Å². The van der Waals surface area contributed by atoms with Crippen molar-refractivity contribution in [1.29, 1.82) is 0 Å². The Balaban J connectivity index is 1.36. The highest BCUT2D eigenvalue weighted by Crippen LogP contribution is 2.37. The van der Waals surface area contributed by atoms with Crippen molar-refractivity contribution >= 4 is 35.0 Å². The van der Waals surface area contributed by atoms with Crippen molar-refractivity contribution in [2.45, 2.75) is 30.2 Å². The Labute approximate surface area is 186 Å². The van der Waals surface area contributed by atoms with Gasteiger partial charge in [0.05, 0.1) is 11.6 Å². The second-order valence-electron chi connectivity index (χ2n) is 8.14. The molecule has 2 aliphatic heterocycles. The summed E-state index contributed by atoms with van der Waals surface area (Å²) in [5.74, 6) is 0.207. The van der Waals surface area contributed by atoms with Crippen molar-refractivity contribution in [3.05, 3.63) is 90.0 Å². The molecule has 0 bridgehead atoms. The maximum absolute atomic E-state index is 13.5. The van der Waals surface area contributed by atoms with Crippen LogP contribution in [0.25, 0.3) is 0 Å². The Morgan fingerprint density at radius 3 is 2.58 bits per heavy atom. The van der Waals surface area contributed by atoms with Crippen LogP contribution < -0.4 is 10.2 Å². The number of hydrogen-bond donors (Lipinski definition) is 1. The van der Waals surface area contributed by atoms with Crippen LogP contribution in [0.5, 0.6) is 0 Å². The first-order chi connectivity index (χ1) is 15.2. The zero-order valence-corrected chi connectivity index (χ0v) is 18.0. The molecule has 0 saturated carbocycles. The number of para-hydroxylation sites is 2. The highest BCUT2D eigenvalue weighted by Gasteiger charge is 2.36. The Kier molecular flexibility index (Phi) is 5.51. The van der Waals surface area contributed by atoms with Gasteiger partial charge in [-0.2, -0.15) is 0 Å². The van der Waals surface area contributed by atoms with Gasteiger partial charge in [-0.25, -0.2) is 0 Å². The third-order valence-electron chi connectivity index (χ3n) is 6.03. The van der Waals surface area contributed by atoms with Gasteiger partial charge in [0.2, 0.25) is 11.8 Å². The number of benzene rings is 3. The van der Waals surface area contributed by atoms with Gasteiger partial charge >= 0.3 is 0 Å². The first kappa shape index (κ1) is 19.9. The molecule has 0 radical (unpaired) electrons. The number of hydrogen-bond acceptors (Lipinski definition) is 3. The SMILES string of the molecule is O=C1Nc2ccccc2SCC1CC(=O)N1c2ccccc2CC1Cc1ccccc1. The van der Waals surface area contributed by atoms with Crippen LogP contribution in [0.3, 0.4) is 0 Å². The van der Waals surface area contributed by atoms with E-state index in [0.717, 1.165) is 29.1 Å². The van der Waals surface area contributed by atoms with Crippen molar-refractivity contribution in [3.63, 3.8) is 0 Å². The molecule has 0 spiro atoms. The number of nitrogens with one attached hydrogen (secondary N) is 1. The van der Waals surface area contributed by atoms with Gasteiger partial charge in [-0.3, -0.25) is 9.59 Å². The van der Waals surface area contributed by atoms with Crippen LogP contribution in [-0.2, 0) is 22.4 Å². The fourth-order valence-electron chi connectivity index (χ4n) is 4.51. The lowest BCUT2D eigenvalue weighted by atomic mass is 10.0. The fraction of sp³-hybridized carbons (Fsp3) is 0.231. The smallest absolute Gasteiger partial charge is 0.228 e. The molecule has 4 nitrogen and oxygen atoms in total. The Bertz CT molecular complexity index is 1120. The second kappa shape index (κ2) is 8.60. The van der Waals surface area contributed by atoms with E-state index in [1.165, 1.54) is 11.1 Å². The minimum atomic E-state index is -0.352. The molecule has 5 heteroatoms. The summed E-state index contributed by atoms with van der Waals surface area (Å²) >= 11 is 1.64. The van der Waals surface area contributed by atoms with Crippen molar-refractivity contribution in [2.24, 2.45) is 5.92 Å². The van der Waals surface area contributed by atoms with Crippen molar-refractivity contribution in [3.8, 4) is 0 Å². The van der Waals surface area contributed by atoms with E-state index in [0.29, 0.717) is 5.75 Å². The molecule has 2 aliphatic rings. The second-order valence-corrected chi connectivity index (χ2v) is 9.20. The van der Waals surface area contributed by atoms with Gasteiger partial charge in [0.25, 0.3) is 0 Å². The number of fused-ring (bicyclic) bond motifs is 2. The summed E-state index contributed by atoms with van der Waals surface area (Å²) in [7, 11) is 0. The van der Waals surface area contributed by atoms with Crippen LogP contribution in [0, 0.1) is 5.92 Å². The number of carbonyl (C=O) groups is 2. The highest BCUT2D eigenvalue weighted by atomic mass is 32.2. The summed E-state index contributed by atoms with van der Waals surface area (Å²) in [6, 6.07) is 26.3. The summed E-state index contributed by atoms with van der Waals surface area (Å²) in [6.45, 7) is 0. The molecule has 0 fully saturated rings. The quantitative estimate of drug-likeness (QED) is 0.641. The predicted molar refractivity (Wildman–Crippen MR) is 125 cm³/mol. The monoisotopic (exact) mass is 428 g/mol. The molecule has 2 heterocycles. The molecule has 0 aliphatic carbocycles. The summed E-state index contributed by atoms with van der Waals surface area (Å²) in [6.07, 6.45) is 1.86. The third-order valence-corrected chi connectivity index (χ3v) is 7.27. The minimum Gasteiger partial charge on any atom is -0.325 e. The van der Waals surface area contributed by atoms with Crippen LogP contribution in [0.1, 0.15) is 17.5 Å². The van der Waals surface area contributed by atoms with Gasteiger partial charge < -0.3 is 10.2 Å². The lowest BCUT2D eigenvalue weighted by Gasteiger charge is -2.27. The van der Waals surface area contributed by atoms with Crippen LogP contribution in [-0.4, -0.2) is 23.6 Å². The van der Waals surface area contributed by atoms with Crippen LogP contribution in [0.2, 0.25) is 0 Å². The van der Waals surface area contributed by atoms with Crippen molar-refractivity contribution in [1.82, 2.24) is 0 Å². The third kappa shape index (κ3) is 4.10. The molecule has 3 aromatic rings. The largest absolute Gasteiger partial charge is 0.325 e. The van der Waals surface area contributed by atoms with Gasteiger partial charge in [0.1, 0.15) is 0 Å². The van der Waals surface area contributed by atoms with E-state index in [1.807, 2.05) is 65.6 Å². The summed E-state index contributed by atoms with van der Waals surface area (Å²) < 4.78 is 0. The number of amides is 2. The average molecular weight is 429 g/mol. The number of nitrogens with zero attached hydrogens (tertiary/aromatic N) is 1. The average Bonchev–Trinajstić information content (AvgIpc) is 3.07. The Morgan fingerprint density at radius 1 is 0.968 bits per heavy atom. The zero-order valence-electron chi connectivity index (χ0n) is 17.2. The highest BCUT2D eigenvalue weighted by molar-refractivity contribution is 7.99. The van der Waals surface area contributed by atoms with E-state index in [1.54, 1.807) is 11.8 Å². The molecule has 156 valence electrons. The summed E-state index contributed by atoms with van der Waals surface area (Å²) in [4.78, 5) is 29.4. The van der Waals surface area contributed by atoms with Gasteiger partial charge in [-0.05, 0) is 42.2 Å². The van der Waals surface area contributed by atoms with Crippen molar-refractivity contribution in [2.75, 3.05) is 16.0 Å². The molecule has 0 aromatic heterocycles. The molecular formula is C26H24N2O2S. The van der Waals surface area contributed by atoms with E-state index in [4.69, 9.17) is 0 Å². The number of carbonyl (C=O) groups excluding carboxylic acids is 2.